The van der Waals surface area contributed by atoms with Gasteiger partial charge in [-0.3, -0.25) is 0 Å². The average molecular weight is 245 g/mol. The normalized spacial score (nSPS) is 12.0. The molecule has 1 aromatic rings. The predicted octanol–water partition coefficient (Wildman–Crippen LogP) is 4.19. The molecule has 0 radical (unpaired) electrons. The molecule has 0 aliphatic heterocycles. The molecule has 1 heterocycles. The lowest BCUT2D eigenvalue weighted by atomic mass is 10.4. The van der Waals surface area contributed by atoms with Crippen LogP contribution in [-0.4, -0.2) is 13.8 Å². The summed E-state index contributed by atoms with van der Waals surface area (Å²) < 4.78 is 1.68. The van der Waals surface area contributed by atoms with E-state index in [1.54, 1.807) is 9.40 Å². The molecule has 0 unspecified atom stereocenters. The summed E-state index contributed by atoms with van der Waals surface area (Å²) in [5, 5.41) is 2.25. The van der Waals surface area contributed by atoms with Crippen molar-refractivity contribution in [1.29, 1.82) is 0 Å². The van der Waals surface area contributed by atoms with Gasteiger partial charge in [0.15, 0.2) is 0 Å². The number of rotatable bonds is 5. The second-order valence-corrected chi connectivity index (χ2v) is 12.0. The average Bonchev–Trinajstić information content (AvgIpc) is 2.52. The summed E-state index contributed by atoms with van der Waals surface area (Å²) in [7, 11) is -1.09. The van der Waals surface area contributed by atoms with Crippen LogP contribution in [0.1, 0.15) is 19.8 Å². The van der Waals surface area contributed by atoms with Crippen molar-refractivity contribution in [2.75, 3.05) is 5.75 Å². The monoisotopic (exact) mass is 244 g/mol. The zero-order valence-electron chi connectivity index (χ0n) is 9.59. The summed E-state index contributed by atoms with van der Waals surface area (Å²) in [6, 6.07) is 2.30. The topological polar surface area (TPSA) is 0 Å². The van der Waals surface area contributed by atoms with Crippen LogP contribution < -0.4 is 4.50 Å². The Hall–Kier alpha value is 0.267. The molecule has 0 saturated carbocycles. The smallest absolute Gasteiger partial charge is 0.0918 e. The molecule has 1 aromatic heterocycles. The van der Waals surface area contributed by atoms with Crippen LogP contribution in [0.25, 0.3) is 0 Å². The van der Waals surface area contributed by atoms with E-state index in [0.717, 1.165) is 0 Å². The van der Waals surface area contributed by atoms with Gasteiger partial charge in [0.05, 0.1) is 8.07 Å². The molecule has 0 aromatic carbocycles. The largest absolute Gasteiger partial charge is 0.152 e. The lowest BCUT2D eigenvalue weighted by Gasteiger charge is -2.16. The van der Waals surface area contributed by atoms with Crippen LogP contribution in [0.3, 0.4) is 0 Å². The van der Waals surface area contributed by atoms with E-state index >= 15 is 0 Å². The van der Waals surface area contributed by atoms with Gasteiger partial charge >= 0.3 is 0 Å². The van der Waals surface area contributed by atoms with E-state index in [9.17, 15) is 0 Å². The Morgan fingerprint density at radius 2 is 2.07 bits per heavy atom. The van der Waals surface area contributed by atoms with Crippen LogP contribution >= 0.6 is 23.1 Å². The van der Waals surface area contributed by atoms with E-state index in [4.69, 9.17) is 0 Å². The van der Waals surface area contributed by atoms with Gasteiger partial charge in [-0.15, -0.1) is 11.8 Å². The van der Waals surface area contributed by atoms with Gasteiger partial charge in [0.1, 0.15) is 0 Å². The van der Waals surface area contributed by atoms with Crippen molar-refractivity contribution in [3.8, 4) is 0 Å². The quantitative estimate of drug-likeness (QED) is 0.425. The van der Waals surface area contributed by atoms with Crippen molar-refractivity contribution in [1.82, 2.24) is 0 Å². The van der Waals surface area contributed by atoms with Gasteiger partial charge in [0, 0.05) is 9.40 Å². The Morgan fingerprint density at radius 1 is 1.36 bits per heavy atom. The number of thioether (sulfide) groups is 1. The van der Waals surface area contributed by atoms with Gasteiger partial charge in [-0.05, 0) is 23.6 Å². The van der Waals surface area contributed by atoms with Gasteiger partial charge in [-0.1, -0.05) is 33.0 Å². The van der Waals surface area contributed by atoms with Crippen LogP contribution in [0.4, 0.5) is 0 Å². The highest BCUT2D eigenvalue weighted by Gasteiger charge is 2.21. The van der Waals surface area contributed by atoms with E-state index in [-0.39, 0.29) is 0 Å². The number of hydrogen-bond acceptors (Lipinski definition) is 2. The second kappa shape index (κ2) is 5.38. The maximum absolute atomic E-state index is 2.43. The molecule has 0 aliphatic rings. The third-order valence-electron chi connectivity index (χ3n) is 2.07. The van der Waals surface area contributed by atoms with E-state index in [2.05, 4.69) is 49.8 Å². The molecule has 0 fully saturated rings. The Morgan fingerprint density at radius 3 is 2.64 bits per heavy atom. The zero-order chi connectivity index (χ0) is 10.6. The summed E-state index contributed by atoms with van der Waals surface area (Å²) in [5.41, 5.74) is 0. The third kappa shape index (κ3) is 3.44. The maximum Gasteiger partial charge on any atom is 0.0918 e. The molecule has 0 spiro atoms. The minimum absolute atomic E-state index is 1.09. The van der Waals surface area contributed by atoms with E-state index in [0.29, 0.717) is 0 Å². The molecule has 0 aliphatic carbocycles. The molecule has 1 rings (SSSR count). The Kier molecular flexibility index (Phi) is 4.74. The molecule has 0 amide bonds. The molecular weight excluding hydrogens is 224 g/mol. The zero-order valence-corrected chi connectivity index (χ0v) is 12.2. The molecule has 0 nitrogen and oxygen atoms in total. The lowest BCUT2D eigenvalue weighted by molar-refractivity contribution is 0.896. The number of hydrogen-bond donors (Lipinski definition) is 0. The van der Waals surface area contributed by atoms with E-state index in [1.165, 1.54) is 18.6 Å². The molecule has 0 bridgehead atoms. The van der Waals surface area contributed by atoms with Crippen molar-refractivity contribution >= 4 is 35.7 Å². The first kappa shape index (κ1) is 12.3. The molecule has 14 heavy (non-hydrogen) atoms. The predicted molar refractivity (Wildman–Crippen MR) is 72.9 cm³/mol. The Labute approximate surface area is 97.1 Å². The highest BCUT2D eigenvalue weighted by molar-refractivity contribution is 7.99. The van der Waals surface area contributed by atoms with Gasteiger partial charge < -0.3 is 0 Å². The van der Waals surface area contributed by atoms with Gasteiger partial charge in [-0.2, -0.15) is 11.3 Å². The Balaban J connectivity index is 2.63. The first-order chi connectivity index (χ1) is 6.55. The van der Waals surface area contributed by atoms with Gasteiger partial charge in [-0.25, -0.2) is 0 Å². The van der Waals surface area contributed by atoms with Crippen LogP contribution in [-0.2, 0) is 0 Å². The lowest BCUT2D eigenvalue weighted by Crippen LogP contribution is -2.36. The SMILES string of the molecule is CCCCSc1ccsc1[Si](C)(C)C. The maximum atomic E-state index is 2.43. The number of unbranched alkanes of at least 4 members (excludes halogenated alkanes) is 1. The highest BCUT2D eigenvalue weighted by Crippen LogP contribution is 2.23. The molecule has 0 atom stereocenters. The van der Waals surface area contributed by atoms with E-state index in [1.807, 2.05) is 11.3 Å². The van der Waals surface area contributed by atoms with Gasteiger partial charge in [0.25, 0.3) is 0 Å². The summed E-state index contributed by atoms with van der Waals surface area (Å²) >= 11 is 4.01. The molecular formula is C11H20S2Si. The fraction of sp³-hybridized carbons (Fsp3) is 0.636. The van der Waals surface area contributed by atoms with Crippen LogP contribution in [0.5, 0.6) is 0 Å². The second-order valence-electron chi connectivity index (χ2n) is 4.57. The van der Waals surface area contributed by atoms with E-state index < -0.39 is 8.07 Å². The van der Waals surface area contributed by atoms with Crippen LogP contribution in [0.15, 0.2) is 16.3 Å². The van der Waals surface area contributed by atoms with Crippen molar-refractivity contribution in [2.24, 2.45) is 0 Å². The summed E-state index contributed by atoms with van der Waals surface area (Å²) in [4.78, 5) is 1.56. The standard InChI is InChI=1S/C11H20S2Si/c1-5-6-8-12-10-7-9-13-11(10)14(2,3)4/h7,9H,5-6,8H2,1-4H3. The minimum Gasteiger partial charge on any atom is -0.152 e. The van der Waals surface area contributed by atoms with Gasteiger partial charge in [0.2, 0.25) is 0 Å². The summed E-state index contributed by atoms with van der Waals surface area (Å²) in [6.07, 6.45) is 2.64. The molecule has 3 heteroatoms. The van der Waals surface area contributed by atoms with Crippen molar-refractivity contribution in [3.63, 3.8) is 0 Å². The van der Waals surface area contributed by atoms with Crippen molar-refractivity contribution < 1.29 is 0 Å². The third-order valence-corrected chi connectivity index (χ3v) is 8.07. The fourth-order valence-corrected chi connectivity index (χ4v) is 6.74. The Bertz CT molecular complexity index is 273. The minimum atomic E-state index is -1.09. The van der Waals surface area contributed by atoms with Crippen molar-refractivity contribution in [3.05, 3.63) is 11.4 Å². The number of thiophene rings is 1. The molecule has 0 saturated heterocycles. The first-order valence-corrected chi connectivity index (χ1v) is 10.6. The summed E-state index contributed by atoms with van der Waals surface area (Å²) in [5.74, 6) is 1.28. The van der Waals surface area contributed by atoms with Crippen LogP contribution in [0.2, 0.25) is 19.6 Å². The fourth-order valence-electron chi connectivity index (χ4n) is 1.28. The van der Waals surface area contributed by atoms with Crippen molar-refractivity contribution in [2.45, 2.75) is 44.3 Å². The molecule has 0 N–H and O–H groups in total. The van der Waals surface area contributed by atoms with Crippen LogP contribution in [0, 0.1) is 0 Å². The first-order valence-electron chi connectivity index (χ1n) is 5.26. The molecule has 80 valence electrons. The summed E-state index contributed by atoms with van der Waals surface area (Å²) in [6.45, 7) is 9.56. The highest BCUT2D eigenvalue weighted by atomic mass is 32.2.